The molecular formula is C8H13ClO3. The van der Waals surface area contributed by atoms with Gasteiger partial charge in [0.1, 0.15) is 5.92 Å². The van der Waals surface area contributed by atoms with Crippen molar-refractivity contribution >= 4 is 23.4 Å². The number of Topliss-reactive ketones (excluding diaryl/α,β-unsaturated/α-hetero) is 1. The highest BCUT2D eigenvalue weighted by Crippen LogP contribution is 2.07. The first kappa shape index (κ1) is 11.4. The zero-order chi connectivity index (χ0) is 9.56. The molecule has 1 atom stereocenters. The van der Waals surface area contributed by atoms with Crippen LogP contribution in [0, 0.1) is 5.92 Å². The summed E-state index contributed by atoms with van der Waals surface area (Å²) in [7, 11) is 0. The number of hydrogen-bond acceptors (Lipinski definition) is 3. The summed E-state index contributed by atoms with van der Waals surface area (Å²) < 4.78 is 4.70. The summed E-state index contributed by atoms with van der Waals surface area (Å²) in [6.45, 7) is 3.76. The maximum atomic E-state index is 11.1. The van der Waals surface area contributed by atoms with Crippen molar-refractivity contribution in [2.24, 2.45) is 5.92 Å². The number of ether oxygens (including phenoxy) is 1. The Morgan fingerprint density at radius 1 is 1.42 bits per heavy atom. The molecule has 1 unspecified atom stereocenters. The van der Waals surface area contributed by atoms with Crippen molar-refractivity contribution < 1.29 is 14.3 Å². The summed E-state index contributed by atoms with van der Waals surface area (Å²) in [5.74, 6) is -1.54. The van der Waals surface area contributed by atoms with Crippen molar-refractivity contribution in [1.82, 2.24) is 0 Å². The van der Waals surface area contributed by atoms with Gasteiger partial charge in [0, 0.05) is 0 Å². The summed E-state index contributed by atoms with van der Waals surface area (Å²) >= 11 is 5.31. The molecule has 0 spiro atoms. The smallest absolute Gasteiger partial charge is 0.316 e. The molecule has 70 valence electrons. The Morgan fingerprint density at radius 3 is 2.33 bits per heavy atom. The number of carbonyl (C=O) groups excluding carboxylic acids is 2. The van der Waals surface area contributed by atoms with Crippen molar-refractivity contribution in [3.63, 3.8) is 0 Å². The van der Waals surface area contributed by atoms with Gasteiger partial charge in [-0.25, -0.2) is 0 Å². The number of esters is 1. The molecule has 12 heavy (non-hydrogen) atoms. The Kier molecular flexibility index (Phi) is 5.72. The van der Waals surface area contributed by atoms with Crippen molar-refractivity contribution in [3.05, 3.63) is 0 Å². The molecule has 0 aliphatic carbocycles. The molecule has 0 aliphatic heterocycles. The van der Waals surface area contributed by atoms with Gasteiger partial charge in [-0.1, -0.05) is 6.92 Å². The predicted molar refractivity (Wildman–Crippen MR) is 46.1 cm³/mol. The van der Waals surface area contributed by atoms with Gasteiger partial charge in [0.15, 0.2) is 5.78 Å². The van der Waals surface area contributed by atoms with Crippen LogP contribution in [-0.4, -0.2) is 24.2 Å². The summed E-state index contributed by atoms with van der Waals surface area (Å²) in [5.41, 5.74) is 0. The highest BCUT2D eigenvalue weighted by molar-refractivity contribution is 6.29. The van der Waals surface area contributed by atoms with Gasteiger partial charge in [-0.05, 0) is 13.3 Å². The highest BCUT2D eigenvalue weighted by Gasteiger charge is 2.24. The minimum Gasteiger partial charge on any atom is -0.465 e. The number of alkyl halides is 1. The summed E-state index contributed by atoms with van der Waals surface area (Å²) in [6.07, 6.45) is 0.449. The molecule has 0 bridgehead atoms. The summed E-state index contributed by atoms with van der Waals surface area (Å²) in [6, 6.07) is 0. The lowest BCUT2D eigenvalue weighted by molar-refractivity contribution is -0.151. The SMILES string of the molecule is CCOC(=O)C(CC)C(=O)CCl. The normalized spacial score (nSPS) is 12.2. The molecular weight excluding hydrogens is 180 g/mol. The second-order valence-electron chi connectivity index (χ2n) is 2.31. The topological polar surface area (TPSA) is 43.4 Å². The van der Waals surface area contributed by atoms with Gasteiger partial charge in [0.2, 0.25) is 0 Å². The second kappa shape index (κ2) is 6.00. The van der Waals surface area contributed by atoms with Gasteiger partial charge in [0.25, 0.3) is 0 Å². The Bertz CT molecular complexity index is 168. The van der Waals surface area contributed by atoms with Gasteiger partial charge in [-0.15, -0.1) is 11.6 Å². The Morgan fingerprint density at radius 2 is 2.00 bits per heavy atom. The van der Waals surface area contributed by atoms with Gasteiger partial charge >= 0.3 is 5.97 Å². The fraction of sp³-hybridized carbons (Fsp3) is 0.750. The Hall–Kier alpha value is -0.570. The molecule has 0 N–H and O–H groups in total. The van der Waals surface area contributed by atoms with E-state index in [1.54, 1.807) is 13.8 Å². The third-order valence-electron chi connectivity index (χ3n) is 1.50. The molecule has 4 heteroatoms. The van der Waals surface area contributed by atoms with E-state index in [1.807, 2.05) is 0 Å². The van der Waals surface area contributed by atoms with E-state index in [0.717, 1.165) is 0 Å². The third-order valence-corrected chi connectivity index (χ3v) is 1.76. The zero-order valence-corrected chi connectivity index (χ0v) is 8.06. The monoisotopic (exact) mass is 192 g/mol. The van der Waals surface area contributed by atoms with Gasteiger partial charge < -0.3 is 4.74 Å². The lowest BCUT2D eigenvalue weighted by atomic mass is 10.0. The average molecular weight is 193 g/mol. The largest absolute Gasteiger partial charge is 0.465 e. The van der Waals surface area contributed by atoms with E-state index in [4.69, 9.17) is 16.3 Å². The quantitative estimate of drug-likeness (QED) is 0.376. The van der Waals surface area contributed by atoms with Crippen LogP contribution >= 0.6 is 11.6 Å². The summed E-state index contributed by atoms with van der Waals surface area (Å²) in [5, 5.41) is 0. The van der Waals surface area contributed by atoms with Crippen LogP contribution in [0.4, 0.5) is 0 Å². The first-order valence-electron chi connectivity index (χ1n) is 3.92. The van der Waals surface area contributed by atoms with E-state index >= 15 is 0 Å². The van der Waals surface area contributed by atoms with Crippen LogP contribution in [0.25, 0.3) is 0 Å². The standard InChI is InChI=1S/C8H13ClO3/c1-3-6(7(10)5-9)8(11)12-4-2/h6H,3-5H2,1-2H3. The Labute approximate surface area is 77.0 Å². The molecule has 0 aromatic carbocycles. The van der Waals surface area contributed by atoms with Crippen LogP contribution < -0.4 is 0 Å². The minimum absolute atomic E-state index is 0.128. The van der Waals surface area contributed by atoms with Crippen LogP contribution in [0.2, 0.25) is 0 Å². The average Bonchev–Trinajstić information content (AvgIpc) is 2.06. The summed E-state index contributed by atoms with van der Waals surface area (Å²) in [4.78, 5) is 22.1. The van der Waals surface area contributed by atoms with Crippen molar-refractivity contribution in [3.8, 4) is 0 Å². The zero-order valence-electron chi connectivity index (χ0n) is 7.30. The number of ketones is 1. The van der Waals surface area contributed by atoms with Crippen molar-refractivity contribution in [2.45, 2.75) is 20.3 Å². The maximum absolute atomic E-state index is 11.1. The second-order valence-corrected chi connectivity index (χ2v) is 2.58. The molecule has 0 heterocycles. The fourth-order valence-corrected chi connectivity index (χ4v) is 1.05. The predicted octanol–water partition coefficient (Wildman–Crippen LogP) is 1.38. The molecule has 0 saturated carbocycles. The van der Waals surface area contributed by atoms with E-state index in [9.17, 15) is 9.59 Å². The highest BCUT2D eigenvalue weighted by atomic mass is 35.5. The molecule has 0 fully saturated rings. The number of rotatable bonds is 5. The molecule has 0 radical (unpaired) electrons. The molecule has 0 aliphatic rings. The Balaban J connectivity index is 4.14. The van der Waals surface area contributed by atoms with Crippen LogP contribution in [0.15, 0.2) is 0 Å². The lowest BCUT2D eigenvalue weighted by Crippen LogP contribution is -2.26. The van der Waals surface area contributed by atoms with Gasteiger partial charge in [0.05, 0.1) is 12.5 Å². The van der Waals surface area contributed by atoms with E-state index in [1.165, 1.54) is 0 Å². The van der Waals surface area contributed by atoms with Crippen LogP contribution in [-0.2, 0) is 14.3 Å². The number of halogens is 1. The maximum Gasteiger partial charge on any atom is 0.316 e. The van der Waals surface area contributed by atoms with Crippen LogP contribution in [0.1, 0.15) is 20.3 Å². The molecule has 0 aromatic heterocycles. The van der Waals surface area contributed by atoms with Gasteiger partial charge in [-0.3, -0.25) is 9.59 Å². The number of hydrogen-bond donors (Lipinski definition) is 0. The third kappa shape index (κ3) is 3.22. The molecule has 0 rings (SSSR count). The lowest BCUT2D eigenvalue weighted by Gasteiger charge is -2.09. The van der Waals surface area contributed by atoms with Crippen molar-refractivity contribution in [1.29, 1.82) is 0 Å². The molecule has 0 saturated heterocycles. The van der Waals surface area contributed by atoms with E-state index in [2.05, 4.69) is 0 Å². The van der Waals surface area contributed by atoms with Gasteiger partial charge in [-0.2, -0.15) is 0 Å². The van der Waals surface area contributed by atoms with E-state index in [-0.39, 0.29) is 11.7 Å². The molecule has 3 nitrogen and oxygen atoms in total. The van der Waals surface area contributed by atoms with E-state index in [0.29, 0.717) is 13.0 Å². The van der Waals surface area contributed by atoms with Crippen molar-refractivity contribution in [2.75, 3.05) is 12.5 Å². The first-order valence-corrected chi connectivity index (χ1v) is 4.46. The number of carbonyl (C=O) groups is 2. The van der Waals surface area contributed by atoms with Crippen LogP contribution in [0.3, 0.4) is 0 Å². The minimum atomic E-state index is -0.678. The first-order chi connectivity index (χ1) is 5.67. The fourth-order valence-electron chi connectivity index (χ4n) is 0.862. The molecule has 0 amide bonds. The molecule has 0 aromatic rings. The van der Waals surface area contributed by atoms with Crippen LogP contribution in [0.5, 0.6) is 0 Å². The van der Waals surface area contributed by atoms with E-state index < -0.39 is 11.9 Å².